The molecule has 1 aliphatic rings. The molecule has 19 heavy (non-hydrogen) atoms. The molecule has 1 saturated carbocycles. The quantitative estimate of drug-likeness (QED) is 0.749. The van der Waals surface area contributed by atoms with Gasteiger partial charge in [-0.25, -0.2) is 0 Å². The Labute approximate surface area is 121 Å². The maximum atomic E-state index is 3.81. The van der Waals surface area contributed by atoms with Crippen molar-refractivity contribution in [2.24, 2.45) is 5.41 Å². The maximum absolute atomic E-state index is 3.81. The summed E-state index contributed by atoms with van der Waals surface area (Å²) in [5.74, 6) is 0. The molecule has 0 saturated heterocycles. The Balaban J connectivity index is 2.79. The Kier molecular flexibility index (Phi) is 6.82. The lowest BCUT2D eigenvalue weighted by Crippen LogP contribution is -2.57. The van der Waals surface area contributed by atoms with E-state index in [-0.39, 0.29) is 0 Å². The van der Waals surface area contributed by atoms with Crippen molar-refractivity contribution in [3.8, 4) is 0 Å². The fourth-order valence-corrected chi connectivity index (χ4v) is 3.57. The molecule has 0 aromatic carbocycles. The molecule has 2 heteroatoms. The van der Waals surface area contributed by atoms with E-state index in [0.717, 1.165) is 6.04 Å². The minimum Gasteiger partial charge on any atom is -0.312 e. The van der Waals surface area contributed by atoms with Gasteiger partial charge in [-0.1, -0.05) is 34.6 Å². The van der Waals surface area contributed by atoms with Crippen molar-refractivity contribution in [3.05, 3.63) is 0 Å². The van der Waals surface area contributed by atoms with Crippen LogP contribution in [0.25, 0.3) is 0 Å². The predicted octanol–water partition coefficient (Wildman–Crippen LogP) is 4.05. The third kappa shape index (κ3) is 4.75. The van der Waals surface area contributed by atoms with Crippen molar-refractivity contribution in [2.45, 2.75) is 91.8 Å². The van der Waals surface area contributed by atoms with Crippen LogP contribution in [0.2, 0.25) is 0 Å². The van der Waals surface area contributed by atoms with Crippen LogP contribution in [0.5, 0.6) is 0 Å². The number of nitrogens with one attached hydrogen (secondary N) is 1. The van der Waals surface area contributed by atoms with E-state index in [4.69, 9.17) is 0 Å². The average Bonchev–Trinajstić information content (AvgIpc) is 2.37. The molecule has 0 heterocycles. The highest BCUT2D eigenvalue weighted by Crippen LogP contribution is 2.38. The highest BCUT2D eigenvalue weighted by atomic mass is 15.2. The topological polar surface area (TPSA) is 15.3 Å². The molecular formula is C17H36N2. The molecule has 0 amide bonds. The number of nitrogens with zero attached hydrogens (tertiary/aromatic N) is 1. The van der Waals surface area contributed by atoms with Gasteiger partial charge in [0.2, 0.25) is 0 Å². The highest BCUT2D eigenvalue weighted by Gasteiger charge is 2.38. The van der Waals surface area contributed by atoms with Gasteiger partial charge < -0.3 is 5.32 Å². The number of likely N-dealkylation sites (N-methyl/N-ethyl adjacent to an activating group) is 1. The predicted molar refractivity (Wildman–Crippen MR) is 85.6 cm³/mol. The van der Waals surface area contributed by atoms with Gasteiger partial charge >= 0.3 is 0 Å². The van der Waals surface area contributed by atoms with E-state index in [1.54, 1.807) is 0 Å². The van der Waals surface area contributed by atoms with E-state index >= 15 is 0 Å². The van der Waals surface area contributed by atoms with E-state index in [9.17, 15) is 0 Å². The summed E-state index contributed by atoms with van der Waals surface area (Å²) >= 11 is 0. The zero-order chi connectivity index (χ0) is 14.5. The lowest BCUT2D eigenvalue weighted by molar-refractivity contribution is 0.0429. The molecule has 1 N–H and O–H groups in total. The van der Waals surface area contributed by atoms with Crippen molar-refractivity contribution in [3.63, 3.8) is 0 Å². The van der Waals surface area contributed by atoms with E-state index in [2.05, 4.69) is 51.8 Å². The van der Waals surface area contributed by atoms with Gasteiger partial charge in [-0.2, -0.15) is 0 Å². The summed E-state index contributed by atoms with van der Waals surface area (Å²) in [7, 11) is 0. The molecule has 114 valence electrons. The van der Waals surface area contributed by atoms with Gasteiger partial charge in [0.15, 0.2) is 0 Å². The normalized spacial score (nSPS) is 28.6. The largest absolute Gasteiger partial charge is 0.312 e. The standard InChI is InChI=1S/C17H36N2/c1-7-12-18-15-10-11-17(5,6)13-16(15)19(9-3)14(4)8-2/h14-16,18H,7-13H2,1-6H3. The highest BCUT2D eigenvalue weighted by molar-refractivity contribution is 4.95. The van der Waals surface area contributed by atoms with E-state index in [1.807, 2.05) is 0 Å². The molecule has 1 rings (SSSR count). The number of rotatable bonds is 7. The molecule has 0 radical (unpaired) electrons. The third-order valence-corrected chi connectivity index (χ3v) is 4.96. The first-order chi connectivity index (χ1) is 8.95. The van der Waals surface area contributed by atoms with Crippen LogP contribution in [-0.4, -0.2) is 36.1 Å². The van der Waals surface area contributed by atoms with Gasteiger partial charge in [0.1, 0.15) is 0 Å². The third-order valence-electron chi connectivity index (χ3n) is 4.96. The van der Waals surface area contributed by atoms with Crippen molar-refractivity contribution < 1.29 is 0 Å². The van der Waals surface area contributed by atoms with Crippen LogP contribution in [0, 0.1) is 5.41 Å². The smallest absolute Gasteiger partial charge is 0.0257 e. The molecular weight excluding hydrogens is 232 g/mol. The van der Waals surface area contributed by atoms with Gasteiger partial charge in [0.25, 0.3) is 0 Å². The summed E-state index contributed by atoms with van der Waals surface area (Å²) < 4.78 is 0. The molecule has 0 aromatic heterocycles. The van der Waals surface area contributed by atoms with Crippen LogP contribution in [0.15, 0.2) is 0 Å². The van der Waals surface area contributed by atoms with Crippen LogP contribution < -0.4 is 5.32 Å². The minimum atomic E-state index is 0.510. The first-order valence-electron chi connectivity index (χ1n) is 8.44. The minimum absolute atomic E-state index is 0.510. The summed E-state index contributed by atoms with van der Waals surface area (Å²) in [5.41, 5.74) is 0.510. The van der Waals surface area contributed by atoms with Crippen LogP contribution in [-0.2, 0) is 0 Å². The Morgan fingerprint density at radius 2 is 1.95 bits per heavy atom. The first kappa shape index (κ1) is 17.0. The summed E-state index contributed by atoms with van der Waals surface area (Å²) in [5, 5.41) is 3.81. The Bertz CT molecular complexity index is 250. The van der Waals surface area contributed by atoms with Crippen LogP contribution >= 0.6 is 0 Å². The Hall–Kier alpha value is -0.0800. The molecule has 0 bridgehead atoms. The average molecular weight is 268 g/mol. The zero-order valence-electron chi connectivity index (χ0n) is 14.1. The lowest BCUT2D eigenvalue weighted by atomic mass is 9.72. The zero-order valence-corrected chi connectivity index (χ0v) is 14.1. The summed E-state index contributed by atoms with van der Waals surface area (Å²) in [6, 6.07) is 2.12. The van der Waals surface area contributed by atoms with Crippen molar-refractivity contribution >= 4 is 0 Å². The van der Waals surface area contributed by atoms with Gasteiger partial charge in [-0.05, 0) is 57.5 Å². The van der Waals surface area contributed by atoms with Gasteiger partial charge in [-0.15, -0.1) is 0 Å². The van der Waals surface area contributed by atoms with Crippen LogP contribution in [0.3, 0.4) is 0 Å². The van der Waals surface area contributed by atoms with Crippen molar-refractivity contribution in [2.75, 3.05) is 13.1 Å². The monoisotopic (exact) mass is 268 g/mol. The fraction of sp³-hybridized carbons (Fsp3) is 1.00. The van der Waals surface area contributed by atoms with E-state index in [0.29, 0.717) is 17.5 Å². The van der Waals surface area contributed by atoms with Gasteiger partial charge in [-0.3, -0.25) is 4.90 Å². The molecule has 0 aromatic rings. The first-order valence-corrected chi connectivity index (χ1v) is 8.44. The van der Waals surface area contributed by atoms with Crippen LogP contribution in [0.1, 0.15) is 73.6 Å². The second-order valence-electron chi connectivity index (χ2n) is 7.12. The molecule has 1 fully saturated rings. The Morgan fingerprint density at radius 1 is 1.26 bits per heavy atom. The summed E-state index contributed by atoms with van der Waals surface area (Å²) in [4.78, 5) is 2.74. The molecule has 3 unspecified atom stereocenters. The maximum Gasteiger partial charge on any atom is 0.0257 e. The molecule has 0 spiro atoms. The number of hydrogen-bond donors (Lipinski definition) is 1. The second kappa shape index (κ2) is 7.64. The van der Waals surface area contributed by atoms with Crippen molar-refractivity contribution in [1.82, 2.24) is 10.2 Å². The molecule has 3 atom stereocenters. The summed E-state index contributed by atoms with van der Waals surface area (Å²) in [6.07, 6.45) is 6.54. The van der Waals surface area contributed by atoms with Crippen molar-refractivity contribution in [1.29, 1.82) is 0 Å². The Morgan fingerprint density at radius 3 is 2.47 bits per heavy atom. The van der Waals surface area contributed by atoms with Gasteiger partial charge in [0, 0.05) is 18.1 Å². The second-order valence-corrected chi connectivity index (χ2v) is 7.12. The SMILES string of the molecule is CCCNC1CCC(C)(C)CC1N(CC)C(C)CC. The molecule has 1 aliphatic carbocycles. The van der Waals surface area contributed by atoms with E-state index in [1.165, 1.54) is 45.2 Å². The fourth-order valence-electron chi connectivity index (χ4n) is 3.57. The molecule has 2 nitrogen and oxygen atoms in total. The number of hydrogen-bond acceptors (Lipinski definition) is 2. The molecule has 0 aliphatic heterocycles. The van der Waals surface area contributed by atoms with Crippen LogP contribution in [0.4, 0.5) is 0 Å². The van der Waals surface area contributed by atoms with E-state index < -0.39 is 0 Å². The lowest BCUT2D eigenvalue weighted by Gasteiger charge is -2.48. The van der Waals surface area contributed by atoms with Gasteiger partial charge in [0.05, 0.1) is 0 Å². The summed E-state index contributed by atoms with van der Waals surface area (Å²) in [6.45, 7) is 16.5.